The van der Waals surface area contributed by atoms with E-state index in [0.717, 1.165) is 11.3 Å². The first-order chi connectivity index (χ1) is 12.5. The SMILES string of the molecule is CCn1c(CCC(=O)NC(C)(C)CN)nc2cc(S(=O)(=O)N(C)C)ccc21.Cl. The molecule has 8 nitrogen and oxygen atoms in total. The van der Waals surface area contributed by atoms with E-state index in [1.165, 1.54) is 18.4 Å². The van der Waals surface area contributed by atoms with E-state index < -0.39 is 15.6 Å². The van der Waals surface area contributed by atoms with Crippen LogP contribution in [0.4, 0.5) is 0 Å². The predicted molar refractivity (Wildman–Crippen MR) is 113 cm³/mol. The minimum atomic E-state index is -3.52. The number of sulfonamides is 1. The maximum absolute atomic E-state index is 12.3. The fraction of sp³-hybridized carbons (Fsp3) is 0.556. The number of nitrogens with two attached hydrogens (primary N) is 1. The third kappa shape index (κ3) is 5.22. The Bertz CT molecular complexity index is 938. The van der Waals surface area contributed by atoms with Gasteiger partial charge in [0.1, 0.15) is 5.82 Å². The number of benzene rings is 1. The molecule has 0 saturated heterocycles. The molecule has 1 aromatic carbocycles. The average Bonchev–Trinajstić information content (AvgIpc) is 2.96. The van der Waals surface area contributed by atoms with Crippen LogP contribution < -0.4 is 11.1 Å². The second-order valence-electron chi connectivity index (χ2n) is 7.35. The van der Waals surface area contributed by atoms with E-state index in [2.05, 4.69) is 10.3 Å². The van der Waals surface area contributed by atoms with Crippen LogP contribution in [0.5, 0.6) is 0 Å². The molecular formula is C18H30ClN5O3S. The molecule has 1 amide bonds. The molecule has 0 saturated carbocycles. The van der Waals surface area contributed by atoms with Crippen molar-refractivity contribution >= 4 is 39.4 Å². The van der Waals surface area contributed by atoms with Crippen molar-refractivity contribution in [3.8, 4) is 0 Å². The molecule has 0 aliphatic heterocycles. The molecular weight excluding hydrogens is 402 g/mol. The van der Waals surface area contributed by atoms with Crippen molar-refractivity contribution in [1.82, 2.24) is 19.2 Å². The van der Waals surface area contributed by atoms with Gasteiger partial charge in [-0.2, -0.15) is 0 Å². The Morgan fingerprint density at radius 3 is 2.50 bits per heavy atom. The third-order valence-corrected chi connectivity index (χ3v) is 6.27. The number of halogens is 1. The molecule has 0 fully saturated rings. The number of carbonyl (C=O) groups excluding carboxylic acids is 1. The van der Waals surface area contributed by atoms with Crippen molar-refractivity contribution in [3.05, 3.63) is 24.0 Å². The molecule has 158 valence electrons. The van der Waals surface area contributed by atoms with Gasteiger partial charge in [-0.3, -0.25) is 4.79 Å². The topological polar surface area (TPSA) is 110 Å². The van der Waals surface area contributed by atoms with Crippen molar-refractivity contribution in [1.29, 1.82) is 0 Å². The van der Waals surface area contributed by atoms with Gasteiger partial charge in [-0.25, -0.2) is 17.7 Å². The second kappa shape index (κ2) is 9.21. The molecule has 28 heavy (non-hydrogen) atoms. The van der Waals surface area contributed by atoms with Crippen LogP contribution in [0, 0.1) is 0 Å². The van der Waals surface area contributed by atoms with Crippen LogP contribution in [0.15, 0.2) is 23.1 Å². The van der Waals surface area contributed by atoms with E-state index in [9.17, 15) is 13.2 Å². The van der Waals surface area contributed by atoms with Gasteiger partial charge in [0.05, 0.1) is 15.9 Å². The minimum absolute atomic E-state index is 0. The van der Waals surface area contributed by atoms with Crippen LogP contribution in [0.2, 0.25) is 0 Å². The number of amides is 1. The zero-order chi connectivity index (χ0) is 20.4. The van der Waals surface area contributed by atoms with Crippen molar-refractivity contribution in [3.63, 3.8) is 0 Å². The Labute approximate surface area is 172 Å². The van der Waals surface area contributed by atoms with Gasteiger partial charge in [-0.15, -0.1) is 12.4 Å². The monoisotopic (exact) mass is 431 g/mol. The lowest BCUT2D eigenvalue weighted by Gasteiger charge is -2.24. The van der Waals surface area contributed by atoms with Gasteiger partial charge in [0.25, 0.3) is 0 Å². The van der Waals surface area contributed by atoms with Crippen LogP contribution in [0.25, 0.3) is 11.0 Å². The highest BCUT2D eigenvalue weighted by Gasteiger charge is 2.21. The summed E-state index contributed by atoms with van der Waals surface area (Å²) in [6.07, 6.45) is 0.750. The van der Waals surface area contributed by atoms with E-state index in [1.54, 1.807) is 18.2 Å². The van der Waals surface area contributed by atoms with Gasteiger partial charge < -0.3 is 15.6 Å². The van der Waals surface area contributed by atoms with Crippen LogP contribution in [-0.4, -0.2) is 54.4 Å². The average molecular weight is 432 g/mol. The Balaban J connectivity index is 0.00000392. The molecule has 0 aliphatic carbocycles. The van der Waals surface area contributed by atoms with Crippen molar-refractivity contribution < 1.29 is 13.2 Å². The lowest BCUT2D eigenvalue weighted by Crippen LogP contribution is -2.48. The molecule has 0 bridgehead atoms. The Kier molecular flexibility index (Phi) is 8.01. The first-order valence-corrected chi connectivity index (χ1v) is 10.4. The van der Waals surface area contributed by atoms with Crippen LogP contribution in [-0.2, 0) is 27.8 Å². The number of aryl methyl sites for hydroxylation is 2. The summed E-state index contributed by atoms with van der Waals surface area (Å²) in [5.41, 5.74) is 6.66. The highest BCUT2D eigenvalue weighted by atomic mass is 35.5. The van der Waals surface area contributed by atoms with E-state index in [4.69, 9.17) is 5.73 Å². The van der Waals surface area contributed by atoms with Gasteiger partial charge in [-0.05, 0) is 39.0 Å². The first kappa shape index (κ1) is 24.4. The van der Waals surface area contributed by atoms with Crippen LogP contribution >= 0.6 is 12.4 Å². The molecule has 2 rings (SSSR count). The molecule has 10 heteroatoms. The number of rotatable bonds is 8. The number of imidazole rings is 1. The lowest BCUT2D eigenvalue weighted by molar-refractivity contribution is -0.122. The Hall–Kier alpha value is -1.68. The summed E-state index contributed by atoms with van der Waals surface area (Å²) in [7, 11) is -0.525. The minimum Gasteiger partial charge on any atom is -0.350 e. The normalized spacial score (nSPS) is 12.2. The summed E-state index contributed by atoms with van der Waals surface area (Å²) in [5, 5.41) is 2.90. The van der Waals surface area contributed by atoms with Gasteiger partial charge in [-0.1, -0.05) is 0 Å². The van der Waals surface area contributed by atoms with Crippen molar-refractivity contribution in [2.45, 2.75) is 50.6 Å². The Morgan fingerprint density at radius 1 is 1.32 bits per heavy atom. The molecule has 2 aromatic rings. The smallest absolute Gasteiger partial charge is 0.242 e. The van der Waals surface area contributed by atoms with E-state index in [1.807, 2.05) is 25.3 Å². The predicted octanol–water partition coefficient (Wildman–Crippen LogP) is 1.51. The molecule has 0 unspecified atom stereocenters. The molecule has 0 atom stereocenters. The highest BCUT2D eigenvalue weighted by Crippen LogP contribution is 2.22. The standard InChI is InChI=1S/C18H29N5O3S.ClH/c1-6-23-15-8-7-13(27(25,26)22(4)5)11-14(15)20-16(23)9-10-17(24)21-18(2,3)12-19;/h7-8,11H,6,9-10,12,19H2,1-5H3,(H,21,24);1H. The summed E-state index contributed by atoms with van der Waals surface area (Å²) in [4.78, 5) is 17.0. The molecule has 1 heterocycles. The number of nitrogens with one attached hydrogen (secondary N) is 1. The number of aromatic nitrogens is 2. The van der Waals surface area contributed by atoms with Gasteiger partial charge >= 0.3 is 0 Å². The fourth-order valence-corrected chi connectivity index (χ4v) is 3.71. The maximum atomic E-state index is 12.3. The zero-order valence-electron chi connectivity index (χ0n) is 17.0. The van der Waals surface area contributed by atoms with Gasteiger partial charge in [0.2, 0.25) is 15.9 Å². The van der Waals surface area contributed by atoms with Crippen LogP contribution in [0.3, 0.4) is 0 Å². The molecule has 0 aliphatic rings. The number of carbonyl (C=O) groups is 1. The summed E-state index contributed by atoms with van der Waals surface area (Å²) in [6, 6.07) is 4.94. The number of fused-ring (bicyclic) bond motifs is 1. The maximum Gasteiger partial charge on any atom is 0.242 e. The Morgan fingerprint density at radius 2 is 1.96 bits per heavy atom. The molecule has 1 aromatic heterocycles. The molecule has 0 spiro atoms. The summed E-state index contributed by atoms with van der Waals surface area (Å²) in [6.45, 7) is 6.78. The quantitative estimate of drug-likeness (QED) is 0.658. The van der Waals surface area contributed by atoms with Gasteiger partial charge in [0, 0.05) is 45.6 Å². The fourth-order valence-electron chi connectivity index (χ4n) is 2.79. The molecule has 0 radical (unpaired) electrons. The summed E-state index contributed by atoms with van der Waals surface area (Å²) >= 11 is 0. The number of nitrogens with zero attached hydrogens (tertiary/aromatic N) is 3. The summed E-state index contributed by atoms with van der Waals surface area (Å²) in [5.74, 6) is 0.670. The van der Waals surface area contributed by atoms with Crippen molar-refractivity contribution in [2.24, 2.45) is 5.73 Å². The largest absolute Gasteiger partial charge is 0.350 e. The second-order valence-corrected chi connectivity index (χ2v) is 9.50. The number of hydrogen-bond donors (Lipinski definition) is 2. The summed E-state index contributed by atoms with van der Waals surface area (Å²) < 4.78 is 27.9. The van der Waals surface area contributed by atoms with E-state index in [-0.39, 0.29) is 29.6 Å². The number of hydrogen-bond acceptors (Lipinski definition) is 5. The lowest BCUT2D eigenvalue weighted by atomic mass is 10.1. The molecule has 3 N–H and O–H groups in total. The van der Waals surface area contributed by atoms with Gasteiger partial charge in [0.15, 0.2) is 0 Å². The zero-order valence-corrected chi connectivity index (χ0v) is 18.7. The van der Waals surface area contributed by atoms with Crippen LogP contribution in [0.1, 0.15) is 33.0 Å². The van der Waals surface area contributed by atoms with Crippen molar-refractivity contribution in [2.75, 3.05) is 20.6 Å². The van der Waals surface area contributed by atoms with E-state index >= 15 is 0 Å². The third-order valence-electron chi connectivity index (χ3n) is 4.46. The van der Waals surface area contributed by atoms with E-state index in [0.29, 0.717) is 25.0 Å². The first-order valence-electron chi connectivity index (χ1n) is 8.94. The highest BCUT2D eigenvalue weighted by molar-refractivity contribution is 7.89.